The fraction of sp³-hybridized carbons (Fsp3) is 0.0667. The van der Waals surface area contributed by atoms with Crippen molar-refractivity contribution in [1.29, 1.82) is 0 Å². The standard InChI is InChI=1S/C15H12FN3/c1-11-9-13(7-8-14(11)16)19-10-15(17-18-19)12-5-3-2-4-6-12/h2-10H,1H3. The maximum Gasteiger partial charge on any atom is 0.126 e. The van der Waals surface area contributed by atoms with Crippen LogP contribution < -0.4 is 0 Å². The van der Waals surface area contributed by atoms with Crippen molar-refractivity contribution in [3.63, 3.8) is 0 Å². The summed E-state index contributed by atoms with van der Waals surface area (Å²) in [5.41, 5.74) is 3.19. The van der Waals surface area contributed by atoms with Crippen molar-refractivity contribution in [3.8, 4) is 16.9 Å². The largest absolute Gasteiger partial charge is 0.220 e. The van der Waals surface area contributed by atoms with Gasteiger partial charge < -0.3 is 0 Å². The fourth-order valence-electron chi connectivity index (χ4n) is 1.90. The monoisotopic (exact) mass is 253 g/mol. The summed E-state index contributed by atoms with van der Waals surface area (Å²) in [6, 6.07) is 14.7. The van der Waals surface area contributed by atoms with Gasteiger partial charge in [0, 0.05) is 5.56 Å². The number of aryl methyl sites for hydroxylation is 1. The average molecular weight is 253 g/mol. The van der Waals surface area contributed by atoms with Crippen LogP contribution >= 0.6 is 0 Å². The Kier molecular flexibility index (Phi) is 2.83. The third-order valence-electron chi connectivity index (χ3n) is 2.97. The third kappa shape index (κ3) is 2.25. The van der Waals surface area contributed by atoms with Gasteiger partial charge in [0.2, 0.25) is 0 Å². The van der Waals surface area contributed by atoms with Gasteiger partial charge in [-0.1, -0.05) is 35.5 Å². The number of hydrogen-bond donors (Lipinski definition) is 0. The molecule has 0 spiro atoms. The van der Waals surface area contributed by atoms with E-state index in [4.69, 9.17) is 0 Å². The van der Waals surface area contributed by atoms with Gasteiger partial charge in [-0.15, -0.1) is 5.10 Å². The summed E-state index contributed by atoms with van der Waals surface area (Å²) in [4.78, 5) is 0. The lowest BCUT2D eigenvalue weighted by Crippen LogP contribution is -1.96. The van der Waals surface area contributed by atoms with Gasteiger partial charge in [0.05, 0.1) is 11.9 Å². The van der Waals surface area contributed by atoms with E-state index in [1.807, 2.05) is 36.5 Å². The van der Waals surface area contributed by atoms with Crippen molar-refractivity contribution < 1.29 is 4.39 Å². The van der Waals surface area contributed by atoms with Crippen LogP contribution in [0.25, 0.3) is 16.9 Å². The van der Waals surface area contributed by atoms with E-state index in [0.29, 0.717) is 5.56 Å². The summed E-state index contributed by atoms with van der Waals surface area (Å²) in [7, 11) is 0. The Labute approximate surface area is 110 Å². The van der Waals surface area contributed by atoms with Gasteiger partial charge in [0.15, 0.2) is 0 Å². The molecule has 0 amide bonds. The zero-order valence-electron chi connectivity index (χ0n) is 10.4. The fourth-order valence-corrected chi connectivity index (χ4v) is 1.90. The molecule has 0 aliphatic rings. The van der Waals surface area contributed by atoms with Gasteiger partial charge >= 0.3 is 0 Å². The van der Waals surface area contributed by atoms with Crippen LogP contribution in [-0.2, 0) is 0 Å². The van der Waals surface area contributed by atoms with Crippen LogP contribution in [0.3, 0.4) is 0 Å². The van der Waals surface area contributed by atoms with E-state index in [-0.39, 0.29) is 5.82 Å². The van der Waals surface area contributed by atoms with E-state index in [1.54, 1.807) is 23.7 Å². The minimum Gasteiger partial charge on any atom is -0.220 e. The molecule has 1 heterocycles. The molecule has 94 valence electrons. The third-order valence-corrected chi connectivity index (χ3v) is 2.97. The predicted molar refractivity (Wildman–Crippen MR) is 71.5 cm³/mol. The van der Waals surface area contributed by atoms with E-state index in [9.17, 15) is 4.39 Å². The molecular formula is C15H12FN3. The zero-order chi connectivity index (χ0) is 13.2. The molecule has 0 N–H and O–H groups in total. The first-order chi connectivity index (χ1) is 9.24. The van der Waals surface area contributed by atoms with E-state index in [2.05, 4.69) is 10.3 Å². The molecule has 0 aliphatic heterocycles. The highest BCUT2D eigenvalue weighted by Crippen LogP contribution is 2.18. The quantitative estimate of drug-likeness (QED) is 0.701. The Hall–Kier alpha value is -2.49. The molecule has 0 fully saturated rings. The molecule has 2 aromatic carbocycles. The lowest BCUT2D eigenvalue weighted by Gasteiger charge is -2.02. The highest BCUT2D eigenvalue weighted by Gasteiger charge is 2.06. The van der Waals surface area contributed by atoms with Crippen molar-refractivity contribution >= 4 is 0 Å². The van der Waals surface area contributed by atoms with E-state index in [1.165, 1.54) is 6.07 Å². The summed E-state index contributed by atoms with van der Waals surface area (Å²) in [5, 5.41) is 8.21. The first kappa shape index (κ1) is 11.6. The van der Waals surface area contributed by atoms with Gasteiger partial charge in [0.25, 0.3) is 0 Å². The van der Waals surface area contributed by atoms with Crippen LogP contribution in [0.2, 0.25) is 0 Å². The Bertz CT molecular complexity index is 704. The summed E-state index contributed by atoms with van der Waals surface area (Å²) < 4.78 is 14.9. The average Bonchev–Trinajstić information content (AvgIpc) is 2.93. The minimum absolute atomic E-state index is 0.216. The Morgan fingerprint density at radius 1 is 1.05 bits per heavy atom. The molecule has 0 radical (unpaired) electrons. The molecule has 3 rings (SSSR count). The molecule has 0 atom stereocenters. The Morgan fingerprint density at radius 3 is 2.58 bits per heavy atom. The number of halogens is 1. The number of hydrogen-bond acceptors (Lipinski definition) is 2. The second kappa shape index (κ2) is 4.65. The van der Waals surface area contributed by atoms with Gasteiger partial charge in [-0.25, -0.2) is 9.07 Å². The lowest BCUT2D eigenvalue weighted by molar-refractivity contribution is 0.617. The molecule has 4 heteroatoms. The molecule has 0 aliphatic carbocycles. The van der Waals surface area contributed by atoms with Crippen molar-refractivity contribution in [2.24, 2.45) is 0 Å². The van der Waals surface area contributed by atoms with Gasteiger partial charge in [0.1, 0.15) is 11.5 Å². The van der Waals surface area contributed by atoms with Crippen molar-refractivity contribution in [1.82, 2.24) is 15.0 Å². The van der Waals surface area contributed by atoms with Crippen LogP contribution in [0, 0.1) is 12.7 Å². The molecule has 3 nitrogen and oxygen atoms in total. The molecule has 0 bridgehead atoms. The minimum atomic E-state index is -0.216. The number of benzene rings is 2. The Balaban J connectivity index is 1.99. The first-order valence-electron chi connectivity index (χ1n) is 5.98. The molecule has 0 saturated heterocycles. The van der Waals surface area contributed by atoms with E-state index < -0.39 is 0 Å². The second-order valence-electron chi connectivity index (χ2n) is 4.35. The van der Waals surface area contributed by atoms with Gasteiger partial charge in [-0.3, -0.25) is 0 Å². The van der Waals surface area contributed by atoms with Crippen molar-refractivity contribution in [3.05, 3.63) is 66.1 Å². The number of nitrogens with zero attached hydrogens (tertiary/aromatic N) is 3. The van der Waals surface area contributed by atoms with E-state index in [0.717, 1.165) is 16.9 Å². The summed E-state index contributed by atoms with van der Waals surface area (Å²) in [6.45, 7) is 1.73. The van der Waals surface area contributed by atoms with Crippen LogP contribution in [0.4, 0.5) is 4.39 Å². The smallest absolute Gasteiger partial charge is 0.126 e. The Morgan fingerprint density at radius 2 is 1.84 bits per heavy atom. The first-order valence-corrected chi connectivity index (χ1v) is 5.98. The maximum atomic E-state index is 13.2. The number of aromatic nitrogens is 3. The predicted octanol–water partition coefficient (Wildman–Crippen LogP) is 3.38. The van der Waals surface area contributed by atoms with Crippen LogP contribution in [0.5, 0.6) is 0 Å². The lowest BCUT2D eigenvalue weighted by atomic mass is 10.2. The summed E-state index contributed by atoms with van der Waals surface area (Å²) in [5.74, 6) is -0.216. The van der Waals surface area contributed by atoms with Crippen molar-refractivity contribution in [2.45, 2.75) is 6.92 Å². The second-order valence-corrected chi connectivity index (χ2v) is 4.35. The number of rotatable bonds is 2. The molecule has 0 saturated carbocycles. The topological polar surface area (TPSA) is 30.7 Å². The van der Waals surface area contributed by atoms with Crippen LogP contribution in [-0.4, -0.2) is 15.0 Å². The molecule has 0 unspecified atom stereocenters. The van der Waals surface area contributed by atoms with Crippen LogP contribution in [0.1, 0.15) is 5.56 Å². The highest BCUT2D eigenvalue weighted by atomic mass is 19.1. The van der Waals surface area contributed by atoms with Gasteiger partial charge in [-0.2, -0.15) is 0 Å². The molecular weight excluding hydrogens is 241 g/mol. The maximum absolute atomic E-state index is 13.2. The molecule has 1 aromatic heterocycles. The zero-order valence-corrected chi connectivity index (χ0v) is 10.4. The SMILES string of the molecule is Cc1cc(-n2cc(-c3ccccc3)nn2)ccc1F. The summed E-state index contributed by atoms with van der Waals surface area (Å²) in [6.07, 6.45) is 1.84. The van der Waals surface area contributed by atoms with Crippen LogP contribution in [0.15, 0.2) is 54.7 Å². The molecule has 3 aromatic rings. The summed E-state index contributed by atoms with van der Waals surface area (Å²) >= 11 is 0. The molecule has 19 heavy (non-hydrogen) atoms. The van der Waals surface area contributed by atoms with Crippen molar-refractivity contribution in [2.75, 3.05) is 0 Å². The normalized spacial score (nSPS) is 10.6. The van der Waals surface area contributed by atoms with E-state index >= 15 is 0 Å². The van der Waals surface area contributed by atoms with Gasteiger partial charge in [-0.05, 0) is 30.7 Å². The highest BCUT2D eigenvalue weighted by molar-refractivity contribution is 5.57.